The summed E-state index contributed by atoms with van der Waals surface area (Å²) in [6, 6.07) is 6.65. The fraction of sp³-hybridized carbons (Fsp3) is 0.429. The van der Waals surface area contributed by atoms with E-state index in [1.807, 2.05) is 25.1 Å². The van der Waals surface area contributed by atoms with Crippen LogP contribution in [0.1, 0.15) is 59.7 Å². The predicted octanol–water partition coefficient (Wildman–Crippen LogP) is 2.75. The lowest BCUT2D eigenvalue weighted by atomic mass is 9.98. The zero-order valence-corrected chi connectivity index (χ0v) is 17.8. The normalized spacial score (nSPS) is 18.0. The molecule has 3 heterocycles. The lowest BCUT2D eigenvalue weighted by molar-refractivity contribution is -0.116. The first-order valence-corrected chi connectivity index (χ1v) is 11.5. The van der Waals surface area contributed by atoms with Crippen LogP contribution in [0.5, 0.6) is 0 Å². The molecule has 0 unspecified atom stereocenters. The van der Waals surface area contributed by atoms with Crippen LogP contribution in [-0.2, 0) is 21.2 Å². The second-order valence-electron chi connectivity index (χ2n) is 7.80. The Morgan fingerprint density at radius 2 is 1.93 bits per heavy atom. The highest BCUT2D eigenvalue weighted by Gasteiger charge is 2.32. The Kier molecular flexibility index (Phi) is 5.42. The molecule has 160 valence electrons. The van der Waals surface area contributed by atoms with Crippen molar-refractivity contribution in [2.24, 2.45) is 0 Å². The van der Waals surface area contributed by atoms with Gasteiger partial charge in [-0.15, -0.1) is 0 Å². The van der Waals surface area contributed by atoms with Crippen molar-refractivity contribution in [1.29, 1.82) is 0 Å². The minimum atomic E-state index is -3.65. The lowest BCUT2D eigenvalue weighted by Crippen LogP contribution is -2.28. The maximum Gasteiger partial charge on any atom is 0.287 e. The maximum absolute atomic E-state index is 12.8. The Bertz CT molecular complexity index is 1100. The van der Waals surface area contributed by atoms with Gasteiger partial charge in [0.25, 0.3) is 5.91 Å². The van der Waals surface area contributed by atoms with Crippen LogP contribution in [0.15, 0.2) is 33.6 Å². The zero-order chi connectivity index (χ0) is 21.5. The van der Waals surface area contributed by atoms with E-state index in [0.29, 0.717) is 25.9 Å². The highest BCUT2D eigenvalue weighted by molar-refractivity contribution is 7.89. The number of amides is 2. The molecule has 1 atom stereocenters. The summed E-state index contributed by atoms with van der Waals surface area (Å²) >= 11 is 0. The number of nitrogens with zero attached hydrogens (tertiary/aromatic N) is 1. The van der Waals surface area contributed by atoms with Gasteiger partial charge in [-0.3, -0.25) is 9.59 Å². The van der Waals surface area contributed by atoms with Crippen molar-refractivity contribution in [3.8, 4) is 0 Å². The minimum Gasteiger partial charge on any atom is -0.455 e. The van der Waals surface area contributed by atoms with Gasteiger partial charge in [0.1, 0.15) is 10.7 Å². The van der Waals surface area contributed by atoms with E-state index >= 15 is 0 Å². The number of aryl methyl sites for hydroxylation is 2. The molecule has 9 heteroatoms. The number of sulfonamides is 1. The first kappa shape index (κ1) is 20.6. The first-order chi connectivity index (χ1) is 14.3. The number of anilines is 1. The van der Waals surface area contributed by atoms with Crippen molar-refractivity contribution in [3.05, 3.63) is 46.9 Å². The molecule has 1 aromatic carbocycles. The van der Waals surface area contributed by atoms with Gasteiger partial charge in [-0.05, 0) is 50.3 Å². The molecule has 2 aliphatic rings. The van der Waals surface area contributed by atoms with Crippen LogP contribution in [0, 0.1) is 6.92 Å². The number of rotatable bonds is 5. The third-order valence-electron chi connectivity index (χ3n) is 5.65. The van der Waals surface area contributed by atoms with Gasteiger partial charge in [0.15, 0.2) is 5.76 Å². The molecule has 2 amide bonds. The van der Waals surface area contributed by atoms with Crippen LogP contribution in [0.3, 0.4) is 0 Å². The molecule has 0 radical (unpaired) electrons. The zero-order valence-electron chi connectivity index (χ0n) is 17.0. The van der Waals surface area contributed by atoms with E-state index in [4.69, 9.17) is 4.42 Å². The fourth-order valence-electron chi connectivity index (χ4n) is 3.92. The number of hydrogen-bond acceptors (Lipinski definition) is 5. The van der Waals surface area contributed by atoms with Gasteiger partial charge in [-0.2, -0.15) is 4.31 Å². The van der Waals surface area contributed by atoms with Gasteiger partial charge in [0.05, 0.1) is 6.04 Å². The summed E-state index contributed by atoms with van der Waals surface area (Å²) < 4.78 is 32.5. The minimum absolute atomic E-state index is 0.00415. The van der Waals surface area contributed by atoms with E-state index in [2.05, 4.69) is 10.6 Å². The molecule has 1 saturated heterocycles. The average Bonchev–Trinajstić information content (AvgIpc) is 3.38. The van der Waals surface area contributed by atoms with Gasteiger partial charge in [-0.1, -0.05) is 12.1 Å². The van der Waals surface area contributed by atoms with E-state index in [-0.39, 0.29) is 28.4 Å². The summed E-state index contributed by atoms with van der Waals surface area (Å²) in [5.74, 6) is -0.282. The summed E-state index contributed by atoms with van der Waals surface area (Å²) in [6.07, 6.45) is 2.78. The van der Waals surface area contributed by atoms with Crippen LogP contribution in [0.2, 0.25) is 0 Å². The van der Waals surface area contributed by atoms with Gasteiger partial charge >= 0.3 is 0 Å². The summed E-state index contributed by atoms with van der Waals surface area (Å²) in [7, 11) is -3.65. The molecule has 0 saturated carbocycles. The quantitative estimate of drug-likeness (QED) is 0.757. The number of fused-ring (bicyclic) bond motifs is 1. The van der Waals surface area contributed by atoms with Crippen LogP contribution < -0.4 is 10.6 Å². The van der Waals surface area contributed by atoms with E-state index < -0.39 is 15.9 Å². The SMILES string of the molecule is Cc1oc(C(=O)N[C@@H](C)c2ccc3c(c2)CCC(=O)N3)cc1S(=O)(=O)N1CCCC1. The van der Waals surface area contributed by atoms with Crippen molar-refractivity contribution in [2.75, 3.05) is 18.4 Å². The second kappa shape index (κ2) is 7.88. The molecule has 1 fully saturated rings. The van der Waals surface area contributed by atoms with Gasteiger partial charge in [0, 0.05) is 31.3 Å². The first-order valence-electron chi connectivity index (χ1n) is 10.1. The topological polar surface area (TPSA) is 109 Å². The van der Waals surface area contributed by atoms with Crippen molar-refractivity contribution >= 4 is 27.5 Å². The Morgan fingerprint density at radius 1 is 1.20 bits per heavy atom. The largest absolute Gasteiger partial charge is 0.455 e. The van der Waals surface area contributed by atoms with E-state index in [0.717, 1.165) is 29.7 Å². The maximum atomic E-state index is 12.8. The Hall–Kier alpha value is -2.65. The molecule has 0 spiro atoms. The second-order valence-corrected chi connectivity index (χ2v) is 9.71. The van der Waals surface area contributed by atoms with Crippen LogP contribution in [0.25, 0.3) is 0 Å². The predicted molar refractivity (Wildman–Crippen MR) is 111 cm³/mol. The molecule has 0 bridgehead atoms. The van der Waals surface area contributed by atoms with Crippen molar-refractivity contribution < 1.29 is 22.4 Å². The standard InChI is InChI=1S/C21H25N3O5S/c1-13(15-5-7-17-16(11-15)6-8-20(25)23-17)22-21(26)18-12-19(14(2)29-18)30(27,28)24-9-3-4-10-24/h5,7,11-13H,3-4,6,8-10H2,1-2H3,(H,22,26)(H,23,25)/t13-/m0/s1. The smallest absolute Gasteiger partial charge is 0.287 e. The van der Waals surface area contributed by atoms with Crippen molar-refractivity contribution in [1.82, 2.24) is 9.62 Å². The highest BCUT2D eigenvalue weighted by atomic mass is 32.2. The Balaban J connectivity index is 1.50. The van der Waals surface area contributed by atoms with Crippen LogP contribution >= 0.6 is 0 Å². The lowest BCUT2D eigenvalue weighted by Gasteiger charge is -2.20. The summed E-state index contributed by atoms with van der Waals surface area (Å²) in [5, 5.41) is 5.70. The number of nitrogens with one attached hydrogen (secondary N) is 2. The van der Waals surface area contributed by atoms with Gasteiger partial charge < -0.3 is 15.1 Å². The molecular weight excluding hydrogens is 406 g/mol. The Morgan fingerprint density at radius 3 is 2.67 bits per heavy atom. The number of carbonyl (C=O) groups is 2. The number of benzene rings is 1. The monoisotopic (exact) mass is 431 g/mol. The molecule has 0 aliphatic carbocycles. The van der Waals surface area contributed by atoms with E-state index in [1.54, 1.807) is 6.92 Å². The number of furan rings is 1. The summed E-state index contributed by atoms with van der Waals surface area (Å²) in [6.45, 7) is 4.38. The third-order valence-corrected chi connectivity index (χ3v) is 7.66. The fourth-order valence-corrected chi connectivity index (χ4v) is 5.60. The molecule has 2 N–H and O–H groups in total. The number of carbonyl (C=O) groups excluding carboxylic acids is 2. The molecule has 2 aromatic rings. The van der Waals surface area contributed by atoms with Crippen molar-refractivity contribution in [3.63, 3.8) is 0 Å². The van der Waals surface area contributed by atoms with Gasteiger partial charge in [0.2, 0.25) is 15.9 Å². The third kappa shape index (κ3) is 3.87. The van der Waals surface area contributed by atoms with Crippen LogP contribution in [0.4, 0.5) is 5.69 Å². The molecule has 4 rings (SSSR count). The highest BCUT2D eigenvalue weighted by Crippen LogP contribution is 2.28. The van der Waals surface area contributed by atoms with E-state index in [1.165, 1.54) is 10.4 Å². The van der Waals surface area contributed by atoms with Crippen LogP contribution in [-0.4, -0.2) is 37.6 Å². The molecule has 30 heavy (non-hydrogen) atoms. The van der Waals surface area contributed by atoms with Gasteiger partial charge in [-0.25, -0.2) is 8.42 Å². The summed E-state index contributed by atoms with van der Waals surface area (Å²) in [5.41, 5.74) is 2.72. The molecular formula is C21H25N3O5S. The number of hydrogen-bond donors (Lipinski definition) is 2. The summed E-state index contributed by atoms with van der Waals surface area (Å²) in [4.78, 5) is 24.3. The Labute approximate surface area is 175 Å². The molecule has 2 aliphatic heterocycles. The molecule has 1 aromatic heterocycles. The van der Waals surface area contributed by atoms with Crippen molar-refractivity contribution in [2.45, 2.75) is 50.5 Å². The molecule has 8 nitrogen and oxygen atoms in total. The average molecular weight is 432 g/mol. The van der Waals surface area contributed by atoms with E-state index in [9.17, 15) is 18.0 Å².